The Hall–Kier alpha value is -2.39. The summed E-state index contributed by atoms with van der Waals surface area (Å²) in [5, 5.41) is 13.4. The molecule has 0 aromatic carbocycles. The lowest BCUT2D eigenvalue weighted by molar-refractivity contribution is 0.173. The van der Waals surface area contributed by atoms with Gasteiger partial charge in [-0.1, -0.05) is 6.07 Å². The molecular formula is C15H18N6. The fraction of sp³-hybridized carbons (Fsp3) is 0.400. The first-order chi connectivity index (χ1) is 10.3. The van der Waals surface area contributed by atoms with Crippen LogP contribution in [0.25, 0.3) is 0 Å². The van der Waals surface area contributed by atoms with Gasteiger partial charge in [0.25, 0.3) is 0 Å². The van der Waals surface area contributed by atoms with Gasteiger partial charge in [-0.05, 0) is 25.0 Å². The Kier molecular flexibility index (Phi) is 3.84. The number of nitrogens with zero attached hydrogens (tertiary/aromatic N) is 5. The van der Waals surface area contributed by atoms with Gasteiger partial charge in [0.15, 0.2) is 0 Å². The SMILES string of the molecule is N#Cc1ncccc1CN1CCC(n2ccc(N)n2)CC1. The first-order valence-corrected chi connectivity index (χ1v) is 7.13. The van der Waals surface area contributed by atoms with E-state index in [9.17, 15) is 0 Å². The number of likely N-dealkylation sites (tertiary alicyclic amines) is 1. The molecule has 6 nitrogen and oxygen atoms in total. The minimum Gasteiger partial charge on any atom is -0.382 e. The Labute approximate surface area is 123 Å². The topological polar surface area (TPSA) is 83.8 Å². The normalized spacial score (nSPS) is 16.7. The van der Waals surface area contributed by atoms with E-state index in [-0.39, 0.29) is 0 Å². The molecule has 21 heavy (non-hydrogen) atoms. The molecule has 1 saturated heterocycles. The minimum atomic E-state index is 0.419. The van der Waals surface area contributed by atoms with E-state index < -0.39 is 0 Å². The Bertz CT molecular complexity index is 648. The van der Waals surface area contributed by atoms with E-state index in [0.29, 0.717) is 17.6 Å². The molecule has 3 heterocycles. The lowest BCUT2D eigenvalue weighted by atomic mass is 10.0. The van der Waals surface area contributed by atoms with Crippen LogP contribution in [0.3, 0.4) is 0 Å². The Balaban J connectivity index is 1.60. The van der Waals surface area contributed by atoms with E-state index in [1.807, 2.05) is 29.1 Å². The first kappa shape index (κ1) is 13.6. The van der Waals surface area contributed by atoms with Gasteiger partial charge in [0.2, 0.25) is 0 Å². The average Bonchev–Trinajstić information content (AvgIpc) is 2.95. The highest BCUT2D eigenvalue weighted by Crippen LogP contribution is 2.23. The van der Waals surface area contributed by atoms with E-state index in [4.69, 9.17) is 11.0 Å². The molecule has 6 heteroatoms. The van der Waals surface area contributed by atoms with E-state index in [0.717, 1.165) is 38.0 Å². The van der Waals surface area contributed by atoms with Gasteiger partial charge in [-0.2, -0.15) is 10.4 Å². The molecule has 2 aromatic rings. The molecule has 0 aliphatic carbocycles. The van der Waals surface area contributed by atoms with Gasteiger partial charge < -0.3 is 5.73 Å². The highest BCUT2D eigenvalue weighted by molar-refractivity contribution is 5.30. The Morgan fingerprint density at radius 1 is 1.33 bits per heavy atom. The maximum absolute atomic E-state index is 9.09. The molecule has 1 aliphatic heterocycles. The van der Waals surface area contributed by atoms with Gasteiger partial charge in [0.1, 0.15) is 17.6 Å². The number of rotatable bonds is 3. The minimum absolute atomic E-state index is 0.419. The summed E-state index contributed by atoms with van der Waals surface area (Å²) in [4.78, 5) is 6.47. The molecule has 1 fully saturated rings. The summed E-state index contributed by atoms with van der Waals surface area (Å²) in [5.41, 5.74) is 7.20. The Morgan fingerprint density at radius 3 is 2.81 bits per heavy atom. The molecule has 2 N–H and O–H groups in total. The van der Waals surface area contributed by atoms with E-state index in [2.05, 4.69) is 21.1 Å². The third kappa shape index (κ3) is 3.03. The number of anilines is 1. The summed E-state index contributed by atoms with van der Waals surface area (Å²) < 4.78 is 1.97. The molecule has 3 rings (SSSR count). The predicted octanol–water partition coefficient (Wildman–Crippen LogP) is 1.57. The van der Waals surface area contributed by atoms with Crippen LogP contribution in [-0.4, -0.2) is 32.8 Å². The molecule has 108 valence electrons. The second-order valence-electron chi connectivity index (χ2n) is 5.35. The van der Waals surface area contributed by atoms with Crippen LogP contribution < -0.4 is 5.73 Å². The van der Waals surface area contributed by atoms with Crippen molar-refractivity contribution in [3.63, 3.8) is 0 Å². The number of aromatic nitrogens is 3. The van der Waals surface area contributed by atoms with E-state index in [1.54, 1.807) is 6.20 Å². The molecule has 1 aliphatic rings. The van der Waals surface area contributed by atoms with Crippen molar-refractivity contribution in [3.8, 4) is 6.07 Å². The monoisotopic (exact) mass is 282 g/mol. The lowest BCUT2D eigenvalue weighted by Crippen LogP contribution is -2.34. The van der Waals surface area contributed by atoms with Crippen LogP contribution in [-0.2, 0) is 6.54 Å². The van der Waals surface area contributed by atoms with Gasteiger partial charge in [0, 0.05) is 37.6 Å². The number of hydrogen-bond acceptors (Lipinski definition) is 5. The van der Waals surface area contributed by atoms with Gasteiger partial charge >= 0.3 is 0 Å². The standard InChI is InChI=1S/C15H18N6/c16-10-14-12(2-1-6-18-14)11-20-7-3-13(4-8-20)21-9-5-15(17)19-21/h1-2,5-6,9,13H,3-4,7-8,11H2,(H2,17,19). The van der Waals surface area contributed by atoms with Gasteiger partial charge in [-0.15, -0.1) is 0 Å². The van der Waals surface area contributed by atoms with Crippen molar-refractivity contribution in [1.29, 1.82) is 5.26 Å². The predicted molar refractivity (Wildman–Crippen MR) is 79.1 cm³/mol. The van der Waals surface area contributed by atoms with E-state index in [1.165, 1.54) is 0 Å². The van der Waals surface area contributed by atoms with Gasteiger partial charge in [-0.25, -0.2) is 4.98 Å². The first-order valence-electron chi connectivity index (χ1n) is 7.13. The van der Waals surface area contributed by atoms with Crippen molar-refractivity contribution >= 4 is 5.82 Å². The quantitative estimate of drug-likeness (QED) is 0.923. The lowest BCUT2D eigenvalue weighted by Gasteiger charge is -2.32. The van der Waals surface area contributed by atoms with Crippen molar-refractivity contribution in [2.24, 2.45) is 0 Å². The van der Waals surface area contributed by atoms with Crippen molar-refractivity contribution in [3.05, 3.63) is 41.9 Å². The van der Waals surface area contributed by atoms with Crippen LogP contribution in [0.4, 0.5) is 5.82 Å². The maximum atomic E-state index is 9.09. The summed E-state index contributed by atoms with van der Waals surface area (Å²) in [6, 6.07) is 8.27. The molecule has 0 bridgehead atoms. The second kappa shape index (κ2) is 5.94. The van der Waals surface area contributed by atoms with Crippen LogP contribution in [0, 0.1) is 11.3 Å². The molecular weight excluding hydrogens is 264 g/mol. The van der Waals surface area contributed by atoms with Crippen molar-refractivity contribution in [2.45, 2.75) is 25.4 Å². The zero-order valence-electron chi connectivity index (χ0n) is 11.8. The van der Waals surface area contributed by atoms with Crippen LogP contribution in [0.15, 0.2) is 30.6 Å². The van der Waals surface area contributed by atoms with Crippen molar-refractivity contribution in [2.75, 3.05) is 18.8 Å². The number of nitriles is 1. The molecule has 0 unspecified atom stereocenters. The summed E-state index contributed by atoms with van der Waals surface area (Å²) >= 11 is 0. The summed E-state index contributed by atoms with van der Waals surface area (Å²) in [6.45, 7) is 2.76. The third-order valence-corrected chi connectivity index (χ3v) is 3.95. The average molecular weight is 282 g/mol. The number of pyridine rings is 1. The van der Waals surface area contributed by atoms with E-state index >= 15 is 0 Å². The number of hydrogen-bond donors (Lipinski definition) is 1. The summed E-state index contributed by atoms with van der Waals surface area (Å²) in [6.07, 6.45) is 5.70. The second-order valence-corrected chi connectivity index (χ2v) is 5.35. The molecule has 0 amide bonds. The van der Waals surface area contributed by atoms with Crippen LogP contribution in [0.1, 0.15) is 30.1 Å². The number of nitrogens with two attached hydrogens (primary N) is 1. The van der Waals surface area contributed by atoms with Gasteiger partial charge in [0.05, 0.1) is 6.04 Å². The third-order valence-electron chi connectivity index (χ3n) is 3.95. The Morgan fingerprint density at radius 2 is 2.14 bits per heavy atom. The van der Waals surface area contributed by atoms with Crippen molar-refractivity contribution in [1.82, 2.24) is 19.7 Å². The van der Waals surface area contributed by atoms with Crippen molar-refractivity contribution < 1.29 is 0 Å². The smallest absolute Gasteiger partial charge is 0.145 e. The molecule has 0 spiro atoms. The number of nitrogen functional groups attached to an aromatic ring is 1. The summed E-state index contributed by atoms with van der Waals surface area (Å²) in [7, 11) is 0. The molecule has 0 radical (unpaired) electrons. The number of piperidine rings is 1. The fourth-order valence-corrected chi connectivity index (χ4v) is 2.81. The highest BCUT2D eigenvalue weighted by atomic mass is 15.3. The van der Waals surface area contributed by atoms with Crippen LogP contribution >= 0.6 is 0 Å². The zero-order valence-corrected chi connectivity index (χ0v) is 11.8. The summed E-state index contributed by atoms with van der Waals surface area (Å²) in [5.74, 6) is 0.575. The maximum Gasteiger partial charge on any atom is 0.145 e. The highest BCUT2D eigenvalue weighted by Gasteiger charge is 2.21. The zero-order chi connectivity index (χ0) is 14.7. The molecule has 2 aromatic heterocycles. The largest absolute Gasteiger partial charge is 0.382 e. The fourth-order valence-electron chi connectivity index (χ4n) is 2.81. The van der Waals surface area contributed by atoms with Crippen LogP contribution in [0.5, 0.6) is 0 Å². The molecule has 0 atom stereocenters. The molecule has 0 saturated carbocycles. The van der Waals surface area contributed by atoms with Crippen LogP contribution in [0.2, 0.25) is 0 Å². The van der Waals surface area contributed by atoms with Gasteiger partial charge in [-0.3, -0.25) is 9.58 Å².